The van der Waals surface area contributed by atoms with Gasteiger partial charge in [-0.3, -0.25) is 0 Å². The summed E-state index contributed by atoms with van der Waals surface area (Å²) in [5.74, 6) is -0.555. The van der Waals surface area contributed by atoms with Gasteiger partial charge in [0.2, 0.25) is 10.0 Å². The molecule has 0 aromatic heterocycles. The molecule has 0 aromatic carbocycles. The predicted octanol–water partition coefficient (Wildman–Crippen LogP) is -0.848. The maximum atomic E-state index is 11.3. The molecule has 74 valence electrons. The number of sulfonamides is 1. The third-order valence-corrected chi connectivity index (χ3v) is 3.76. The van der Waals surface area contributed by atoms with Crippen LogP contribution in [0.1, 0.15) is 6.92 Å². The van der Waals surface area contributed by atoms with E-state index in [1.165, 1.54) is 4.31 Å². The van der Waals surface area contributed by atoms with Gasteiger partial charge in [-0.05, 0) is 5.92 Å². The summed E-state index contributed by atoms with van der Waals surface area (Å²) in [6.07, 6.45) is -0.603. The van der Waals surface area contributed by atoms with E-state index in [4.69, 9.17) is 5.26 Å². The molecule has 1 rings (SSSR count). The van der Waals surface area contributed by atoms with Gasteiger partial charge in [0.05, 0.1) is 12.2 Å². The number of hydrogen-bond donors (Lipinski definition) is 1. The van der Waals surface area contributed by atoms with Crippen molar-refractivity contribution in [3.8, 4) is 6.07 Å². The van der Waals surface area contributed by atoms with Crippen molar-refractivity contribution in [2.45, 2.75) is 13.0 Å². The molecule has 0 spiro atoms. The van der Waals surface area contributed by atoms with Crippen molar-refractivity contribution in [1.29, 1.82) is 5.26 Å². The van der Waals surface area contributed by atoms with Crippen LogP contribution in [0.15, 0.2) is 0 Å². The summed E-state index contributed by atoms with van der Waals surface area (Å²) in [6, 6.07) is 1.60. The highest BCUT2D eigenvalue weighted by atomic mass is 32.2. The Labute approximate surface area is 77.6 Å². The van der Waals surface area contributed by atoms with Gasteiger partial charge in [-0.15, -0.1) is 0 Å². The van der Waals surface area contributed by atoms with Crippen LogP contribution < -0.4 is 0 Å². The number of β-amino-alcohol motifs (C(OH)–C–C–N with tert-alkyl or cyclic N) is 1. The van der Waals surface area contributed by atoms with E-state index in [9.17, 15) is 13.5 Å². The van der Waals surface area contributed by atoms with Crippen molar-refractivity contribution < 1.29 is 13.5 Å². The zero-order valence-corrected chi connectivity index (χ0v) is 8.16. The first kappa shape index (κ1) is 10.4. The summed E-state index contributed by atoms with van der Waals surface area (Å²) in [4.78, 5) is 0. The number of aliphatic hydroxyl groups is 1. The number of hydrogen-bond acceptors (Lipinski definition) is 4. The highest BCUT2D eigenvalue weighted by molar-refractivity contribution is 7.89. The lowest BCUT2D eigenvalue weighted by Crippen LogP contribution is -2.31. The van der Waals surface area contributed by atoms with Gasteiger partial charge in [-0.2, -0.15) is 9.57 Å². The minimum Gasteiger partial charge on any atom is -0.391 e. The smallest absolute Gasteiger partial charge is 0.227 e. The standard InChI is InChI=1S/C7H12N2O3S/c1-6-4-9(5-7(6)10)13(11,12)3-2-8/h6-7,10H,3-5H2,1H3. The van der Waals surface area contributed by atoms with E-state index in [0.717, 1.165) is 0 Å². The lowest BCUT2D eigenvalue weighted by Gasteiger charge is -2.12. The summed E-state index contributed by atoms with van der Waals surface area (Å²) in [7, 11) is -3.46. The minimum absolute atomic E-state index is 0.0477. The van der Waals surface area contributed by atoms with Crippen molar-refractivity contribution >= 4 is 10.0 Å². The zero-order valence-electron chi connectivity index (χ0n) is 7.34. The highest BCUT2D eigenvalue weighted by Gasteiger charge is 2.34. The van der Waals surface area contributed by atoms with Crippen molar-refractivity contribution in [3.05, 3.63) is 0 Å². The van der Waals surface area contributed by atoms with Crippen LogP contribution in [-0.4, -0.2) is 42.8 Å². The van der Waals surface area contributed by atoms with Crippen LogP contribution in [0, 0.1) is 17.2 Å². The van der Waals surface area contributed by atoms with E-state index >= 15 is 0 Å². The van der Waals surface area contributed by atoms with Crippen LogP contribution in [0.3, 0.4) is 0 Å². The molecule has 1 aliphatic rings. The molecule has 0 aromatic rings. The molecular formula is C7H12N2O3S. The van der Waals surface area contributed by atoms with Gasteiger partial charge < -0.3 is 5.11 Å². The first-order valence-electron chi connectivity index (χ1n) is 4.00. The van der Waals surface area contributed by atoms with Crippen LogP contribution in [0.4, 0.5) is 0 Å². The average molecular weight is 204 g/mol. The highest BCUT2D eigenvalue weighted by Crippen LogP contribution is 2.19. The van der Waals surface area contributed by atoms with Crippen LogP contribution in [0.5, 0.6) is 0 Å². The summed E-state index contributed by atoms with van der Waals surface area (Å²) < 4.78 is 23.8. The second-order valence-electron chi connectivity index (χ2n) is 3.28. The molecule has 5 nitrogen and oxygen atoms in total. The predicted molar refractivity (Wildman–Crippen MR) is 46.1 cm³/mol. The molecular weight excluding hydrogens is 192 g/mol. The Balaban J connectivity index is 2.72. The lowest BCUT2D eigenvalue weighted by atomic mass is 10.1. The monoisotopic (exact) mass is 204 g/mol. The summed E-state index contributed by atoms with van der Waals surface area (Å²) >= 11 is 0. The maximum Gasteiger partial charge on any atom is 0.227 e. The largest absolute Gasteiger partial charge is 0.391 e. The van der Waals surface area contributed by atoms with Crippen molar-refractivity contribution in [3.63, 3.8) is 0 Å². The van der Waals surface area contributed by atoms with Gasteiger partial charge in [0.15, 0.2) is 5.75 Å². The molecule has 1 heterocycles. The number of nitriles is 1. The Morgan fingerprint density at radius 1 is 1.62 bits per heavy atom. The van der Waals surface area contributed by atoms with Crippen LogP contribution in [-0.2, 0) is 10.0 Å². The third kappa shape index (κ3) is 2.18. The van der Waals surface area contributed by atoms with E-state index in [2.05, 4.69) is 0 Å². The second kappa shape index (κ2) is 3.62. The fourth-order valence-corrected chi connectivity index (χ4v) is 2.49. The lowest BCUT2D eigenvalue weighted by molar-refractivity contribution is 0.153. The van der Waals surface area contributed by atoms with Gasteiger partial charge in [0, 0.05) is 13.1 Å². The Morgan fingerprint density at radius 3 is 2.62 bits per heavy atom. The van der Waals surface area contributed by atoms with Crippen molar-refractivity contribution in [1.82, 2.24) is 4.31 Å². The quantitative estimate of drug-likeness (QED) is 0.635. The van der Waals surface area contributed by atoms with Crippen LogP contribution in [0.2, 0.25) is 0 Å². The normalized spacial score (nSPS) is 30.2. The molecule has 0 aliphatic carbocycles. The molecule has 0 saturated carbocycles. The molecule has 1 aliphatic heterocycles. The molecule has 1 fully saturated rings. The van der Waals surface area contributed by atoms with Crippen LogP contribution in [0.25, 0.3) is 0 Å². The summed E-state index contributed by atoms with van der Waals surface area (Å²) in [6.45, 7) is 2.21. The first-order chi connectivity index (χ1) is 5.97. The van der Waals surface area contributed by atoms with Crippen molar-refractivity contribution in [2.24, 2.45) is 5.92 Å². The number of nitrogens with zero attached hydrogens (tertiary/aromatic N) is 2. The van der Waals surface area contributed by atoms with E-state index < -0.39 is 21.9 Å². The minimum atomic E-state index is -3.46. The van der Waals surface area contributed by atoms with Gasteiger partial charge in [0.1, 0.15) is 0 Å². The molecule has 2 unspecified atom stereocenters. The van der Waals surface area contributed by atoms with Gasteiger partial charge >= 0.3 is 0 Å². The number of rotatable bonds is 2. The molecule has 1 N–H and O–H groups in total. The topological polar surface area (TPSA) is 81.4 Å². The maximum absolute atomic E-state index is 11.3. The molecule has 0 amide bonds. The van der Waals surface area contributed by atoms with Gasteiger partial charge in [-0.1, -0.05) is 6.92 Å². The van der Waals surface area contributed by atoms with Gasteiger partial charge in [0.25, 0.3) is 0 Å². The molecule has 0 radical (unpaired) electrons. The van der Waals surface area contributed by atoms with Crippen LogP contribution >= 0.6 is 0 Å². The van der Waals surface area contributed by atoms with E-state index in [0.29, 0.717) is 6.54 Å². The molecule has 0 bridgehead atoms. The second-order valence-corrected chi connectivity index (χ2v) is 5.24. The fourth-order valence-electron chi connectivity index (χ4n) is 1.31. The zero-order chi connectivity index (χ0) is 10.1. The third-order valence-electron chi connectivity index (χ3n) is 2.18. The molecule has 1 saturated heterocycles. The fraction of sp³-hybridized carbons (Fsp3) is 0.857. The first-order valence-corrected chi connectivity index (χ1v) is 5.61. The van der Waals surface area contributed by atoms with E-state index in [-0.39, 0.29) is 12.5 Å². The Kier molecular flexibility index (Phi) is 2.91. The Morgan fingerprint density at radius 2 is 2.23 bits per heavy atom. The Hall–Kier alpha value is -0.640. The summed E-state index contributed by atoms with van der Waals surface area (Å²) in [5, 5.41) is 17.6. The average Bonchev–Trinajstić information content (AvgIpc) is 2.33. The van der Waals surface area contributed by atoms with E-state index in [1.54, 1.807) is 13.0 Å². The van der Waals surface area contributed by atoms with E-state index in [1.807, 2.05) is 0 Å². The molecule has 13 heavy (non-hydrogen) atoms. The Bertz CT molecular complexity index is 309. The van der Waals surface area contributed by atoms with Crippen molar-refractivity contribution in [2.75, 3.05) is 18.8 Å². The molecule has 6 heteroatoms. The molecule has 2 atom stereocenters. The SMILES string of the molecule is CC1CN(S(=O)(=O)CC#N)CC1O. The van der Waals surface area contributed by atoms with Gasteiger partial charge in [-0.25, -0.2) is 8.42 Å². The number of aliphatic hydroxyl groups excluding tert-OH is 1. The summed E-state index contributed by atoms with van der Waals surface area (Å²) in [5.41, 5.74) is 0.